The SMILES string of the molecule is CC(C)c1nc2ccc(NCC(=O)Nc3ccccc3SCC#N)cc2s1. The Hall–Kier alpha value is -2.56. The number of nitrogens with zero attached hydrogens (tertiary/aromatic N) is 2. The van der Waals surface area contributed by atoms with Crippen molar-refractivity contribution in [2.45, 2.75) is 24.7 Å². The van der Waals surface area contributed by atoms with Crippen LogP contribution in [0.4, 0.5) is 11.4 Å². The molecule has 5 nitrogen and oxygen atoms in total. The molecule has 138 valence electrons. The van der Waals surface area contributed by atoms with Gasteiger partial charge in [0.1, 0.15) is 0 Å². The van der Waals surface area contributed by atoms with Gasteiger partial charge in [-0.3, -0.25) is 4.79 Å². The summed E-state index contributed by atoms with van der Waals surface area (Å²) in [6, 6.07) is 15.5. The number of nitrogens with one attached hydrogen (secondary N) is 2. The van der Waals surface area contributed by atoms with Crippen molar-refractivity contribution in [1.82, 2.24) is 4.98 Å². The minimum Gasteiger partial charge on any atom is -0.376 e. The summed E-state index contributed by atoms with van der Waals surface area (Å²) in [6.07, 6.45) is 0. The number of nitriles is 1. The van der Waals surface area contributed by atoms with Gasteiger partial charge in [0.25, 0.3) is 0 Å². The molecule has 3 aromatic rings. The fourth-order valence-electron chi connectivity index (χ4n) is 2.48. The number of hydrogen-bond donors (Lipinski definition) is 2. The number of benzene rings is 2. The average molecular weight is 397 g/mol. The van der Waals surface area contributed by atoms with Crippen LogP contribution < -0.4 is 10.6 Å². The Kier molecular flexibility index (Phi) is 6.32. The van der Waals surface area contributed by atoms with Crippen LogP contribution in [0, 0.1) is 11.3 Å². The molecule has 0 aliphatic carbocycles. The molecule has 7 heteroatoms. The number of thioether (sulfide) groups is 1. The van der Waals surface area contributed by atoms with E-state index in [1.165, 1.54) is 11.8 Å². The predicted octanol–water partition coefficient (Wildman–Crippen LogP) is 5.09. The van der Waals surface area contributed by atoms with Gasteiger partial charge in [-0.15, -0.1) is 23.1 Å². The first kappa shape index (κ1) is 19.2. The lowest BCUT2D eigenvalue weighted by Crippen LogP contribution is -2.22. The van der Waals surface area contributed by atoms with Crippen molar-refractivity contribution in [2.75, 3.05) is 22.9 Å². The number of fused-ring (bicyclic) bond motifs is 1. The van der Waals surface area contributed by atoms with Crippen LogP contribution >= 0.6 is 23.1 Å². The fourth-order valence-corrected chi connectivity index (χ4v) is 4.16. The highest BCUT2D eigenvalue weighted by Gasteiger charge is 2.09. The summed E-state index contributed by atoms with van der Waals surface area (Å²) in [5.74, 6) is 0.620. The normalized spacial score (nSPS) is 10.7. The molecule has 2 aromatic carbocycles. The Morgan fingerprint density at radius 1 is 1.30 bits per heavy atom. The van der Waals surface area contributed by atoms with E-state index in [0.717, 1.165) is 31.5 Å². The first-order valence-corrected chi connectivity index (χ1v) is 10.4. The summed E-state index contributed by atoms with van der Waals surface area (Å²) >= 11 is 3.09. The van der Waals surface area contributed by atoms with Gasteiger partial charge in [-0.2, -0.15) is 5.26 Å². The zero-order chi connectivity index (χ0) is 19.2. The van der Waals surface area contributed by atoms with Gasteiger partial charge < -0.3 is 10.6 Å². The number of carbonyl (C=O) groups excluding carboxylic acids is 1. The second-order valence-electron chi connectivity index (χ2n) is 6.23. The molecule has 0 spiro atoms. The summed E-state index contributed by atoms with van der Waals surface area (Å²) in [5, 5.41) is 15.9. The third-order valence-corrected chi connectivity index (χ3v) is 6.06. The molecule has 0 radical (unpaired) electrons. The minimum absolute atomic E-state index is 0.132. The molecule has 1 heterocycles. The van der Waals surface area contributed by atoms with Crippen LogP contribution in [0.15, 0.2) is 47.4 Å². The van der Waals surface area contributed by atoms with E-state index in [1.54, 1.807) is 11.3 Å². The van der Waals surface area contributed by atoms with Crippen molar-refractivity contribution in [2.24, 2.45) is 0 Å². The molecule has 0 aliphatic heterocycles. The summed E-state index contributed by atoms with van der Waals surface area (Å²) in [5.41, 5.74) is 2.61. The molecule has 0 atom stereocenters. The van der Waals surface area contributed by atoms with Gasteiger partial charge in [-0.1, -0.05) is 26.0 Å². The smallest absolute Gasteiger partial charge is 0.243 e. The van der Waals surface area contributed by atoms with Crippen molar-refractivity contribution in [3.05, 3.63) is 47.5 Å². The van der Waals surface area contributed by atoms with Crippen LogP contribution in [0.2, 0.25) is 0 Å². The molecular formula is C20H20N4OS2. The molecule has 0 unspecified atom stereocenters. The van der Waals surface area contributed by atoms with Crippen molar-refractivity contribution < 1.29 is 4.79 Å². The third kappa shape index (κ3) is 5.00. The summed E-state index contributed by atoms with van der Waals surface area (Å²) in [7, 11) is 0. The van der Waals surface area contributed by atoms with Crippen molar-refractivity contribution in [3.63, 3.8) is 0 Å². The predicted molar refractivity (Wildman–Crippen MR) is 114 cm³/mol. The molecule has 27 heavy (non-hydrogen) atoms. The molecule has 1 amide bonds. The number of aromatic nitrogens is 1. The number of rotatable bonds is 7. The lowest BCUT2D eigenvalue weighted by atomic mass is 10.2. The Morgan fingerprint density at radius 3 is 2.89 bits per heavy atom. The van der Waals surface area contributed by atoms with E-state index in [4.69, 9.17) is 5.26 Å². The number of anilines is 2. The first-order valence-electron chi connectivity index (χ1n) is 8.60. The highest BCUT2D eigenvalue weighted by molar-refractivity contribution is 7.99. The lowest BCUT2D eigenvalue weighted by Gasteiger charge is -2.11. The van der Waals surface area contributed by atoms with E-state index in [2.05, 4.69) is 35.5 Å². The van der Waals surface area contributed by atoms with Gasteiger partial charge in [-0.05, 0) is 30.3 Å². The van der Waals surface area contributed by atoms with Crippen LogP contribution in [0.1, 0.15) is 24.8 Å². The standard InChI is InChI=1S/C20H20N4OS2/c1-13(2)20-24-16-8-7-14(11-18(16)27-20)22-12-19(25)23-15-5-3-4-6-17(15)26-10-9-21/h3-8,11,13,22H,10,12H2,1-2H3,(H,23,25). The highest BCUT2D eigenvalue weighted by atomic mass is 32.2. The fraction of sp³-hybridized carbons (Fsp3) is 0.250. The molecular weight excluding hydrogens is 376 g/mol. The van der Waals surface area contributed by atoms with Gasteiger partial charge in [-0.25, -0.2) is 4.98 Å². The Labute approximate surface area is 166 Å². The lowest BCUT2D eigenvalue weighted by molar-refractivity contribution is -0.114. The van der Waals surface area contributed by atoms with Crippen molar-refractivity contribution in [1.29, 1.82) is 5.26 Å². The van der Waals surface area contributed by atoms with Crippen molar-refractivity contribution in [3.8, 4) is 6.07 Å². The summed E-state index contributed by atoms with van der Waals surface area (Å²) < 4.78 is 1.11. The molecule has 0 fully saturated rings. The number of thiazole rings is 1. The zero-order valence-corrected chi connectivity index (χ0v) is 16.8. The zero-order valence-electron chi connectivity index (χ0n) is 15.2. The highest BCUT2D eigenvalue weighted by Crippen LogP contribution is 2.29. The topological polar surface area (TPSA) is 77.8 Å². The van der Waals surface area contributed by atoms with Crippen LogP contribution in [0.5, 0.6) is 0 Å². The van der Waals surface area contributed by atoms with Gasteiger partial charge in [0.15, 0.2) is 0 Å². The molecule has 3 rings (SSSR count). The van der Waals surface area contributed by atoms with E-state index >= 15 is 0 Å². The number of para-hydroxylation sites is 1. The second-order valence-corrected chi connectivity index (χ2v) is 8.31. The average Bonchev–Trinajstić information content (AvgIpc) is 3.09. The summed E-state index contributed by atoms with van der Waals surface area (Å²) in [6.45, 7) is 4.43. The number of amides is 1. The van der Waals surface area contributed by atoms with Crippen LogP contribution in [0.3, 0.4) is 0 Å². The summed E-state index contributed by atoms with van der Waals surface area (Å²) in [4.78, 5) is 17.8. The monoisotopic (exact) mass is 396 g/mol. The number of carbonyl (C=O) groups is 1. The molecule has 0 saturated heterocycles. The quantitative estimate of drug-likeness (QED) is 0.544. The third-order valence-electron chi connectivity index (χ3n) is 3.81. The Balaban J connectivity index is 1.62. The second kappa shape index (κ2) is 8.89. The molecule has 1 aromatic heterocycles. The van der Waals surface area contributed by atoms with E-state index in [1.807, 2.05) is 42.5 Å². The molecule has 0 aliphatic rings. The van der Waals surface area contributed by atoms with E-state index in [0.29, 0.717) is 11.7 Å². The van der Waals surface area contributed by atoms with E-state index < -0.39 is 0 Å². The molecule has 0 bridgehead atoms. The largest absolute Gasteiger partial charge is 0.376 e. The van der Waals surface area contributed by atoms with E-state index in [-0.39, 0.29) is 12.5 Å². The number of hydrogen-bond acceptors (Lipinski definition) is 6. The molecule has 2 N–H and O–H groups in total. The van der Waals surface area contributed by atoms with Gasteiger partial charge in [0, 0.05) is 16.5 Å². The van der Waals surface area contributed by atoms with Gasteiger partial charge >= 0.3 is 0 Å². The van der Waals surface area contributed by atoms with Crippen LogP contribution in [-0.4, -0.2) is 23.2 Å². The van der Waals surface area contributed by atoms with Crippen LogP contribution in [0.25, 0.3) is 10.2 Å². The maximum absolute atomic E-state index is 12.3. The maximum Gasteiger partial charge on any atom is 0.243 e. The maximum atomic E-state index is 12.3. The van der Waals surface area contributed by atoms with Crippen LogP contribution in [-0.2, 0) is 4.79 Å². The Morgan fingerprint density at radius 2 is 2.11 bits per heavy atom. The first-order chi connectivity index (χ1) is 13.1. The minimum atomic E-state index is -0.132. The molecule has 0 saturated carbocycles. The van der Waals surface area contributed by atoms with Crippen molar-refractivity contribution >= 4 is 50.6 Å². The van der Waals surface area contributed by atoms with E-state index in [9.17, 15) is 4.79 Å². The Bertz CT molecular complexity index is 991. The van der Waals surface area contributed by atoms with Gasteiger partial charge in [0.05, 0.1) is 39.3 Å². The van der Waals surface area contributed by atoms with Gasteiger partial charge in [0.2, 0.25) is 5.91 Å².